The first-order valence-electron chi connectivity index (χ1n) is 11.6. The van der Waals surface area contributed by atoms with Crippen LogP contribution in [0.1, 0.15) is 41.0 Å². The van der Waals surface area contributed by atoms with Gasteiger partial charge in [0.05, 0.1) is 12.8 Å². The van der Waals surface area contributed by atoms with Crippen molar-refractivity contribution >= 4 is 34.8 Å². The maximum absolute atomic E-state index is 14.5. The predicted octanol–water partition coefficient (Wildman–Crippen LogP) is 2.87. The summed E-state index contributed by atoms with van der Waals surface area (Å²) < 4.78 is 20.8. The van der Waals surface area contributed by atoms with E-state index in [1.165, 1.54) is 23.9 Å². The molecule has 2 aliphatic rings. The van der Waals surface area contributed by atoms with Gasteiger partial charge in [-0.3, -0.25) is 9.59 Å². The Morgan fingerprint density at radius 3 is 2.33 bits per heavy atom. The summed E-state index contributed by atoms with van der Waals surface area (Å²) in [7, 11) is 1.36. The number of primary amides is 1. The molecule has 0 aliphatic carbocycles. The fourth-order valence-corrected chi connectivity index (χ4v) is 4.82. The molecule has 3 aromatic rings. The van der Waals surface area contributed by atoms with Gasteiger partial charge in [-0.05, 0) is 55.7 Å². The number of carbonyl (C=O) groups excluding carboxylic acids is 3. The van der Waals surface area contributed by atoms with Gasteiger partial charge in [-0.1, -0.05) is 0 Å². The van der Waals surface area contributed by atoms with Crippen LogP contribution in [0, 0.1) is 5.82 Å². The highest BCUT2D eigenvalue weighted by atomic mass is 19.1. The fraction of sp³-hybridized carbons (Fsp3) is 0.269. The van der Waals surface area contributed by atoms with Crippen LogP contribution in [0.25, 0.3) is 11.4 Å². The third-order valence-electron chi connectivity index (χ3n) is 6.57. The molecule has 0 saturated carbocycles. The number of fused-ring (bicyclic) bond motifs is 1. The second kappa shape index (κ2) is 9.31. The number of methoxy groups -OCH3 is 1. The van der Waals surface area contributed by atoms with E-state index in [1.54, 1.807) is 15.9 Å². The van der Waals surface area contributed by atoms with Crippen LogP contribution in [0.5, 0.6) is 5.75 Å². The van der Waals surface area contributed by atoms with Gasteiger partial charge in [0.2, 0.25) is 5.91 Å². The smallest absolute Gasteiger partial charge is 0.269 e. The minimum atomic E-state index is -0.742. The maximum atomic E-state index is 14.5. The zero-order chi connectivity index (χ0) is 25.4. The van der Waals surface area contributed by atoms with E-state index in [4.69, 9.17) is 10.5 Å². The summed E-state index contributed by atoms with van der Waals surface area (Å²) in [6, 6.07) is 11.6. The van der Waals surface area contributed by atoms with Crippen LogP contribution >= 0.6 is 0 Å². The van der Waals surface area contributed by atoms with Crippen LogP contribution in [0.3, 0.4) is 0 Å². The third kappa shape index (κ3) is 3.91. The van der Waals surface area contributed by atoms with Crippen molar-refractivity contribution in [3.05, 3.63) is 65.2 Å². The molecule has 2 amide bonds. The molecule has 1 fully saturated rings. The van der Waals surface area contributed by atoms with E-state index >= 15 is 0 Å². The molecule has 10 heteroatoms. The van der Waals surface area contributed by atoms with Crippen molar-refractivity contribution in [2.45, 2.75) is 25.7 Å². The van der Waals surface area contributed by atoms with E-state index in [0.29, 0.717) is 48.6 Å². The number of aromatic nitrogens is 2. The number of nitrogens with two attached hydrogens (primary N) is 1. The molecule has 1 aromatic heterocycles. The lowest BCUT2D eigenvalue weighted by Gasteiger charge is -2.31. The van der Waals surface area contributed by atoms with Gasteiger partial charge in [-0.2, -0.15) is 5.10 Å². The Morgan fingerprint density at radius 2 is 1.72 bits per heavy atom. The molecule has 2 N–H and O–H groups in total. The molecule has 0 bridgehead atoms. The molecule has 3 heterocycles. The monoisotopic (exact) mass is 489 g/mol. The van der Waals surface area contributed by atoms with Gasteiger partial charge in [0, 0.05) is 42.5 Å². The molecule has 9 nitrogen and oxygen atoms in total. The second-order valence-electron chi connectivity index (χ2n) is 8.64. The molecule has 0 atom stereocenters. The predicted molar refractivity (Wildman–Crippen MR) is 131 cm³/mol. The van der Waals surface area contributed by atoms with Crippen LogP contribution in [0.4, 0.5) is 15.8 Å². The normalized spacial score (nSPS) is 15.5. The number of hydrogen-bond acceptors (Lipinski definition) is 6. The molecule has 2 aromatic carbocycles. The Hall–Kier alpha value is -4.43. The first kappa shape index (κ1) is 23.3. The first-order valence-corrected chi connectivity index (χ1v) is 11.6. The second-order valence-corrected chi connectivity index (χ2v) is 8.64. The van der Waals surface area contributed by atoms with Gasteiger partial charge in [-0.15, -0.1) is 0 Å². The van der Waals surface area contributed by atoms with Crippen molar-refractivity contribution < 1.29 is 23.5 Å². The van der Waals surface area contributed by atoms with Crippen molar-refractivity contribution in [3.63, 3.8) is 0 Å². The summed E-state index contributed by atoms with van der Waals surface area (Å²) in [6.07, 6.45) is 2.77. The summed E-state index contributed by atoms with van der Waals surface area (Å²) in [5.74, 6) is 0.777. The Bertz CT molecular complexity index is 1410. The average Bonchev–Trinajstić information content (AvgIpc) is 3.29. The molecule has 0 unspecified atom stereocenters. The van der Waals surface area contributed by atoms with Crippen molar-refractivity contribution in [2.24, 2.45) is 5.73 Å². The Balaban J connectivity index is 1.55. The van der Waals surface area contributed by atoms with Gasteiger partial charge < -0.3 is 20.3 Å². The summed E-state index contributed by atoms with van der Waals surface area (Å²) in [4.78, 5) is 40.3. The Kier molecular flexibility index (Phi) is 6.03. The number of amides is 2. The SMILES string of the molecule is COc1ccc(-n2nc(C(N)=O)c3c2C(=C=O)N(c2ccc(N4CCCCC4=O)cc2)CC3)cc1F. The minimum absolute atomic E-state index is 0.0209. The largest absolute Gasteiger partial charge is 0.494 e. The fourth-order valence-electron chi connectivity index (χ4n) is 4.82. The highest BCUT2D eigenvalue weighted by molar-refractivity contribution is 6.01. The Morgan fingerprint density at radius 1 is 1.03 bits per heavy atom. The van der Waals surface area contributed by atoms with Crippen LogP contribution in [0.2, 0.25) is 0 Å². The summed E-state index contributed by atoms with van der Waals surface area (Å²) in [5.41, 5.74) is 8.37. The quantitative estimate of drug-likeness (QED) is 0.552. The van der Waals surface area contributed by atoms with Gasteiger partial charge in [0.1, 0.15) is 5.69 Å². The zero-order valence-electron chi connectivity index (χ0n) is 19.7. The molecular weight excluding hydrogens is 465 g/mol. The van der Waals surface area contributed by atoms with E-state index in [2.05, 4.69) is 5.10 Å². The van der Waals surface area contributed by atoms with Gasteiger partial charge in [-0.25, -0.2) is 13.9 Å². The average molecular weight is 490 g/mol. The standard InChI is InChI=1S/C26H24FN5O4/c1-36-22-10-9-18(14-20(22)27)32-25-19(24(29-32)26(28)35)11-13-30(21(25)15-33)16-5-7-17(8-6-16)31-12-3-2-4-23(31)34/h5-10,14H,2-4,11-13H2,1H3,(H2,28,35). The summed E-state index contributed by atoms with van der Waals surface area (Å²) in [6.45, 7) is 1.06. The molecular formula is C26H24FN5O4. The maximum Gasteiger partial charge on any atom is 0.269 e. The molecule has 0 spiro atoms. The van der Waals surface area contributed by atoms with E-state index < -0.39 is 11.7 Å². The lowest BCUT2D eigenvalue weighted by atomic mass is 10.00. The number of nitrogens with zero attached hydrogens (tertiary/aromatic N) is 4. The number of hydrogen-bond donors (Lipinski definition) is 1. The van der Waals surface area contributed by atoms with Crippen molar-refractivity contribution in [1.29, 1.82) is 0 Å². The van der Waals surface area contributed by atoms with Crippen molar-refractivity contribution in [3.8, 4) is 11.4 Å². The number of carbonyl (C=O) groups is 2. The number of benzene rings is 2. The number of rotatable bonds is 5. The molecule has 36 heavy (non-hydrogen) atoms. The first-order chi connectivity index (χ1) is 17.4. The van der Waals surface area contributed by atoms with Gasteiger partial charge >= 0.3 is 0 Å². The third-order valence-corrected chi connectivity index (χ3v) is 6.57. The van der Waals surface area contributed by atoms with Crippen molar-refractivity contribution in [2.75, 3.05) is 30.0 Å². The van der Waals surface area contributed by atoms with E-state index in [0.717, 1.165) is 18.5 Å². The van der Waals surface area contributed by atoms with E-state index in [-0.39, 0.29) is 23.0 Å². The van der Waals surface area contributed by atoms with E-state index in [9.17, 15) is 18.8 Å². The van der Waals surface area contributed by atoms with E-state index in [1.807, 2.05) is 30.2 Å². The Labute approximate surface area is 206 Å². The lowest BCUT2D eigenvalue weighted by molar-refractivity contribution is -0.119. The zero-order valence-corrected chi connectivity index (χ0v) is 19.7. The topological polar surface area (TPSA) is 111 Å². The van der Waals surface area contributed by atoms with Gasteiger partial charge in [0.25, 0.3) is 5.91 Å². The summed E-state index contributed by atoms with van der Waals surface area (Å²) in [5, 5.41) is 4.33. The molecule has 1 saturated heterocycles. The van der Waals surface area contributed by atoms with Crippen LogP contribution in [-0.2, 0) is 16.0 Å². The number of halogens is 1. The molecule has 2 aliphatic heterocycles. The lowest BCUT2D eigenvalue weighted by Crippen LogP contribution is -2.35. The van der Waals surface area contributed by atoms with Gasteiger partial charge in [0.15, 0.2) is 28.9 Å². The van der Waals surface area contributed by atoms with Crippen LogP contribution in [0.15, 0.2) is 42.5 Å². The minimum Gasteiger partial charge on any atom is -0.494 e. The molecule has 0 radical (unpaired) electrons. The molecule has 5 rings (SSSR count). The van der Waals surface area contributed by atoms with Crippen LogP contribution in [-0.4, -0.2) is 47.7 Å². The number of piperidine rings is 1. The highest BCUT2D eigenvalue weighted by Crippen LogP contribution is 2.36. The number of ether oxygens (including phenoxy) is 1. The highest BCUT2D eigenvalue weighted by Gasteiger charge is 2.33. The summed E-state index contributed by atoms with van der Waals surface area (Å²) >= 11 is 0. The number of anilines is 2. The van der Waals surface area contributed by atoms with Crippen molar-refractivity contribution in [1.82, 2.24) is 9.78 Å². The van der Waals surface area contributed by atoms with Crippen LogP contribution < -0.4 is 20.3 Å². The molecule has 184 valence electrons.